The zero-order chi connectivity index (χ0) is 16.6. The normalized spacial score (nSPS) is 13.6. The molecule has 1 aromatic rings. The van der Waals surface area contributed by atoms with Crippen LogP contribution >= 0.6 is 11.3 Å². The minimum Gasteiger partial charge on any atom is -0.459 e. The lowest BCUT2D eigenvalue weighted by Gasteiger charge is -2.19. The van der Waals surface area contributed by atoms with Gasteiger partial charge in [0.1, 0.15) is 12.1 Å². The maximum absolute atomic E-state index is 11.7. The van der Waals surface area contributed by atoms with Gasteiger partial charge in [0.25, 0.3) is 0 Å². The molecule has 0 radical (unpaired) electrons. The van der Waals surface area contributed by atoms with Crippen molar-refractivity contribution < 1.29 is 9.53 Å². The third kappa shape index (κ3) is 7.45. The first-order chi connectivity index (χ1) is 10.3. The Morgan fingerprint density at radius 3 is 2.68 bits per heavy atom. The number of rotatable bonds is 6. The van der Waals surface area contributed by atoms with E-state index in [9.17, 15) is 4.79 Å². The van der Waals surface area contributed by atoms with Gasteiger partial charge in [-0.25, -0.2) is 4.99 Å². The van der Waals surface area contributed by atoms with E-state index in [0.717, 1.165) is 13.1 Å². The Labute approximate surface area is 137 Å². The van der Waals surface area contributed by atoms with Crippen LogP contribution in [0, 0.1) is 0 Å². The second-order valence-electron chi connectivity index (χ2n) is 6.08. The highest BCUT2D eigenvalue weighted by Gasteiger charge is 2.16. The number of esters is 1. The SMILES string of the molecule is CCNC(=NCC(=O)OC(C)(C)C)NCC(C)c1cccs1. The van der Waals surface area contributed by atoms with E-state index < -0.39 is 5.60 Å². The highest BCUT2D eigenvalue weighted by atomic mass is 32.1. The molecular weight excluding hydrogens is 298 g/mol. The second kappa shape index (κ2) is 8.78. The van der Waals surface area contributed by atoms with Crippen LogP contribution < -0.4 is 10.6 Å². The Bertz CT molecular complexity index is 478. The van der Waals surface area contributed by atoms with Crippen molar-refractivity contribution in [3.05, 3.63) is 22.4 Å². The number of ether oxygens (including phenoxy) is 1. The van der Waals surface area contributed by atoms with Crippen molar-refractivity contribution in [2.45, 2.75) is 46.1 Å². The maximum Gasteiger partial charge on any atom is 0.328 e. The van der Waals surface area contributed by atoms with Gasteiger partial charge in [0.05, 0.1) is 0 Å². The second-order valence-corrected chi connectivity index (χ2v) is 7.06. The number of hydrogen-bond acceptors (Lipinski definition) is 4. The highest BCUT2D eigenvalue weighted by Crippen LogP contribution is 2.19. The molecule has 5 nitrogen and oxygen atoms in total. The molecule has 1 heterocycles. The molecule has 1 unspecified atom stereocenters. The molecule has 0 saturated carbocycles. The molecule has 124 valence electrons. The fourth-order valence-electron chi connectivity index (χ4n) is 1.78. The summed E-state index contributed by atoms with van der Waals surface area (Å²) in [7, 11) is 0. The number of nitrogens with zero attached hydrogens (tertiary/aromatic N) is 1. The van der Waals surface area contributed by atoms with Crippen LogP contribution in [0.4, 0.5) is 0 Å². The average Bonchev–Trinajstić information content (AvgIpc) is 2.93. The fraction of sp³-hybridized carbons (Fsp3) is 0.625. The number of aliphatic imine (C=N–C) groups is 1. The molecule has 22 heavy (non-hydrogen) atoms. The summed E-state index contributed by atoms with van der Waals surface area (Å²) in [6.45, 7) is 11.2. The first-order valence-electron chi connectivity index (χ1n) is 7.59. The Morgan fingerprint density at radius 2 is 2.14 bits per heavy atom. The van der Waals surface area contributed by atoms with E-state index in [1.807, 2.05) is 27.7 Å². The molecule has 0 fully saturated rings. The molecule has 0 aromatic carbocycles. The van der Waals surface area contributed by atoms with Crippen molar-refractivity contribution in [3.63, 3.8) is 0 Å². The van der Waals surface area contributed by atoms with Crippen LogP contribution in [0.15, 0.2) is 22.5 Å². The predicted octanol–water partition coefficient (Wildman–Crippen LogP) is 2.75. The average molecular weight is 325 g/mol. The van der Waals surface area contributed by atoms with Crippen LogP contribution in [0.25, 0.3) is 0 Å². The van der Waals surface area contributed by atoms with Crippen LogP contribution in [-0.4, -0.2) is 37.2 Å². The van der Waals surface area contributed by atoms with Crippen molar-refractivity contribution >= 4 is 23.3 Å². The smallest absolute Gasteiger partial charge is 0.328 e. The van der Waals surface area contributed by atoms with Crippen LogP contribution in [-0.2, 0) is 9.53 Å². The summed E-state index contributed by atoms with van der Waals surface area (Å²) in [4.78, 5) is 17.3. The number of thiophene rings is 1. The molecule has 0 amide bonds. The Hall–Kier alpha value is -1.56. The molecule has 6 heteroatoms. The lowest BCUT2D eigenvalue weighted by molar-refractivity contribution is -0.152. The van der Waals surface area contributed by atoms with E-state index >= 15 is 0 Å². The van der Waals surface area contributed by atoms with Crippen molar-refractivity contribution in [2.75, 3.05) is 19.6 Å². The molecule has 1 atom stereocenters. The van der Waals surface area contributed by atoms with Gasteiger partial charge < -0.3 is 15.4 Å². The van der Waals surface area contributed by atoms with Crippen LogP contribution in [0.3, 0.4) is 0 Å². The van der Waals surface area contributed by atoms with E-state index in [0.29, 0.717) is 11.9 Å². The summed E-state index contributed by atoms with van der Waals surface area (Å²) in [6, 6.07) is 4.18. The first kappa shape index (κ1) is 18.5. The molecule has 0 saturated heterocycles. The summed E-state index contributed by atoms with van der Waals surface area (Å²) in [5, 5.41) is 8.48. The minimum atomic E-state index is -0.480. The number of nitrogens with one attached hydrogen (secondary N) is 2. The van der Waals surface area contributed by atoms with Crippen LogP contribution in [0.1, 0.15) is 45.4 Å². The quantitative estimate of drug-likeness (QED) is 0.479. The van der Waals surface area contributed by atoms with Crippen LogP contribution in [0.2, 0.25) is 0 Å². The summed E-state index contributed by atoms with van der Waals surface area (Å²) in [5.74, 6) is 0.707. The monoisotopic (exact) mass is 325 g/mol. The Kier molecular flexibility index (Phi) is 7.38. The first-order valence-corrected chi connectivity index (χ1v) is 8.47. The molecule has 0 aliphatic heterocycles. The van der Waals surface area contributed by atoms with E-state index in [1.54, 1.807) is 11.3 Å². The Morgan fingerprint density at radius 1 is 1.41 bits per heavy atom. The third-order valence-electron chi connectivity index (χ3n) is 2.74. The van der Waals surface area contributed by atoms with E-state index in [4.69, 9.17) is 4.74 Å². The summed E-state index contributed by atoms with van der Waals surface area (Å²) in [6.07, 6.45) is 0. The number of guanidine groups is 1. The van der Waals surface area contributed by atoms with Gasteiger partial charge in [-0.3, -0.25) is 4.79 Å². The molecule has 0 aliphatic carbocycles. The van der Waals surface area contributed by atoms with E-state index in [-0.39, 0.29) is 12.5 Å². The molecule has 0 bridgehead atoms. The number of hydrogen-bond donors (Lipinski definition) is 2. The molecule has 0 aliphatic rings. The number of carbonyl (C=O) groups is 1. The van der Waals surface area contributed by atoms with Gasteiger partial charge in [-0.1, -0.05) is 13.0 Å². The zero-order valence-corrected chi connectivity index (χ0v) is 14.9. The lowest BCUT2D eigenvalue weighted by atomic mass is 10.1. The van der Waals surface area contributed by atoms with E-state index in [1.165, 1.54) is 4.88 Å². The largest absolute Gasteiger partial charge is 0.459 e. The van der Waals surface area contributed by atoms with Crippen molar-refractivity contribution in [3.8, 4) is 0 Å². The summed E-state index contributed by atoms with van der Waals surface area (Å²) < 4.78 is 5.25. The number of carbonyl (C=O) groups excluding carboxylic acids is 1. The topological polar surface area (TPSA) is 62.7 Å². The van der Waals surface area contributed by atoms with Gasteiger partial charge in [-0.2, -0.15) is 0 Å². The van der Waals surface area contributed by atoms with Gasteiger partial charge in [0, 0.05) is 23.9 Å². The third-order valence-corrected chi connectivity index (χ3v) is 3.84. The van der Waals surface area contributed by atoms with Gasteiger partial charge in [0.15, 0.2) is 5.96 Å². The predicted molar refractivity (Wildman–Crippen MR) is 92.6 cm³/mol. The molecule has 0 spiro atoms. The zero-order valence-electron chi connectivity index (χ0n) is 14.1. The highest BCUT2D eigenvalue weighted by molar-refractivity contribution is 7.10. The molecular formula is C16H27N3O2S. The maximum atomic E-state index is 11.7. The minimum absolute atomic E-state index is 0.0139. The van der Waals surface area contributed by atoms with Gasteiger partial charge >= 0.3 is 5.97 Å². The van der Waals surface area contributed by atoms with Gasteiger partial charge in [-0.05, 0) is 39.1 Å². The summed E-state index contributed by atoms with van der Waals surface area (Å²) in [5.41, 5.74) is -0.480. The molecule has 2 N–H and O–H groups in total. The fourth-order valence-corrected chi connectivity index (χ4v) is 2.57. The van der Waals surface area contributed by atoms with Gasteiger partial charge in [0.2, 0.25) is 0 Å². The standard InChI is InChI=1S/C16H27N3O2S/c1-6-17-15(19-11-14(20)21-16(3,4)5)18-10-12(2)13-8-7-9-22-13/h7-9,12H,6,10-11H2,1-5H3,(H2,17,18,19). The van der Waals surface area contributed by atoms with Crippen molar-refractivity contribution in [1.29, 1.82) is 0 Å². The molecule has 1 aromatic heterocycles. The molecule has 1 rings (SSSR count). The van der Waals surface area contributed by atoms with Crippen molar-refractivity contribution in [2.24, 2.45) is 4.99 Å². The van der Waals surface area contributed by atoms with Crippen LogP contribution in [0.5, 0.6) is 0 Å². The lowest BCUT2D eigenvalue weighted by Crippen LogP contribution is -2.39. The Balaban J connectivity index is 2.50. The van der Waals surface area contributed by atoms with Crippen molar-refractivity contribution in [1.82, 2.24) is 10.6 Å². The summed E-state index contributed by atoms with van der Waals surface area (Å²) >= 11 is 1.75. The van der Waals surface area contributed by atoms with E-state index in [2.05, 4.69) is 40.1 Å². The van der Waals surface area contributed by atoms with Gasteiger partial charge in [-0.15, -0.1) is 11.3 Å².